The second-order valence-electron chi connectivity index (χ2n) is 6.00. The summed E-state index contributed by atoms with van der Waals surface area (Å²) in [6.45, 7) is 8.21. The Bertz CT molecular complexity index is 262. The molecule has 0 aromatic carbocycles. The van der Waals surface area contributed by atoms with Gasteiger partial charge in [0.25, 0.3) is 0 Å². The number of amides is 1. The molecule has 0 radical (unpaired) electrons. The fourth-order valence-corrected chi connectivity index (χ4v) is 2.11. The number of hydrogen-bond donors (Lipinski definition) is 2. The minimum absolute atomic E-state index is 0.129. The van der Waals surface area contributed by atoms with Gasteiger partial charge in [0.1, 0.15) is 5.60 Å². The Morgan fingerprint density at radius 3 is 2.35 bits per heavy atom. The van der Waals surface area contributed by atoms with Crippen LogP contribution in [-0.2, 0) is 4.74 Å². The van der Waals surface area contributed by atoms with Crippen LogP contribution in [-0.4, -0.2) is 30.0 Å². The van der Waals surface area contributed by atoms with Crippen molar-refractivity contribution in [2.45, 2.75) is 52.6 Å². The van der Waals surface area contributed by atoms with E-state index in [9.17, 15) is 9.90 Å². The molecular formula is C13H25NO3. The summed E-state index contributed by atoms with van der Waals surface area (Å²) in [6.07, 6.45) is 2.79. The van der Waals surface area contributed by atoms with Crippen LogP contribution < -0.4 is 5.32 Å². The molecule has 17 heavy (non-hydrogen) atoms. The number of ether oxygens (including phenoxy) is 1. The summed E-state index contributed by atoms with van der Waals surface area (Å²) in [7, 11) is 0. The Balaban J connectivity index is 2.44. The average Bonchev–Trinajstić information content (AvgIpc) is 3.02. The molecule has 0 bridgehead atoms. The van der Waals surface area contributed by atoms with E-state index in [0.29, 0.717) is 12.5 Å². The van der Waals surface area contributed by atoms with E-state index in [-0.39, 0.29) is 12.0 Å². The van der Waals surface area contributed by atoms with Crippen LogP contribution in [0.25, 0.3) is 0 Å². The Morgan fingerprint density at radius 2 is 2.00 bits per heavy atom. The first kappa shape index (κ1) is 14.3. The van der Waals surface area contributed by atoms with Crippen molar-refractivity contribution in [2.24, 2.45) is 11.3 Å². The highest BCUT2D eigenvalue weighted by Gasteiger charge is 2.43. The molecule has 1 amide bonds. The van der Waals surface area contributed by atoms with Crippen molar-refractivity contribution in [3.8, 4) is 0 Å². The Morgan fingerprint density at radius 1 is 1.41 bits per heavy atom. The molecule has 1 aliphatic rings. The summed E-state index contributed by atoms with van der Waals surface area (Å²) in [5.41, 5.74) is -0.630. The topological polar surface area (TPSA) is 58.6 Å². The summed E-state index contributed by atoms with van der Waals surface area (Å²) in [5, 5.41) is 12.3. The molecule has 0 aromatic heterocycles. The highest BCUT2D eigenvalue weighted by molar-refractivity contribution is 5.67. The van der Waals surface area contributed by atoms with Crippen LogP contribution in [0.3, 0.4) is 0 Å². The van der Waals surface area contributed by atoms with E-state index in [1.807, 2.05) is 20.8 Å². The zero-order valence-electron chi connectivity index (χ0n) is 11.4. The average molecular weight is 243 g/mol. The third-order valence-corrected chi connectivity index (χ3v) is 3.45. The summed E-state index contributed by atoms with van der Waals surface area (Å²) in [4.78, 5) is 11.6. The zero-order chi connectivity index (χ0) is 13.1. The van der Waals surface area contributed by atoms with Gasteiger partial charge >= 0.3 is 6.09 Å². The number of carbonyl (C=O) groups excluding carboxylic acids is 1. The van der Waals surface area contributed by atoms with Crippen LogP contribution >= 0.6 is 0 Å². The van der Waals surface area contributed by atoms with Crippen LogP contribution in [0.5, 0.6) is 0 Å². The molecule has 0 saturated heterocycles. The molecule has 4 nitrogen and oxygen atoms in total. The molecule has 4 heteroatoms. The molecule has 1 atom stereocenters. The number of hydrogen-bond acceptors (Lipinski definition) is 3. The van der Waals surface area contributed by atoms with Crippen molar-refractivity contribution in [3.05, 3.63) is 0 Å². The van der Waals surface area contributed by atoms with Gasteiger partial charge in [0.2, 0.25) is 0 Å². The fraction of sp³-hybridized carbons (Fsp3) is 0.923. The van der Waals surface area contributed by atoms with Gasteiger partial charge < -0.3 is 15.2 Å². The van der Waals surface area contributed by atoms with Gasteiger partial charge in [0.15, 0.2) is 0 Å². The number of aliphatic hydroxyl groups excluding tert-OH is 1. The van der Waals surface area contributed by atoms with E-state index in [2.05, 4.69) is 12.2 Å². The third-order valence-electron chi connectivity index (χ3n) is 3.45. The van der Waals surface area contributed by atoms with E-state index >= 15 is 0 Å². The van der Waals surface area contributed by atoms with Gasteiger partial charge in [-0.1, -0.05) is 6.92 Å². The predicted octanol–water partition coefficient (Wildman–Crippen LogP) is 2.31. The van der Waals surface area contributed by atoms with Crippen LogP contribution in [0, 0.1) is 11.3 Å². The second-order valence-corrected chi connectivity index (χ2v) is 6.00. The first-order chi connectivity index (χ1) is 7.83. The Hall–Kier alpha value is -0.770. The quantitative estimate of drug-likeness (QED) is 0.779. The smallest absolute Gasteiger partial charge is 0.407 e. The summed E-state index contributed by atoms with van der Waals surface area (Å²) < 4.78 is 5.19. The van der Waals surface area contributed by atoms with Crippen molar-refractivity contribution in [1.82, 2.24) is 5.32 Å². The van der Waals surface area contributed by atoms with Crippen molar-refractivity contribution in [1.29, 1.82) is 0 Å². The maximum Gasteiger partial charge on any atom is 0.407 e. The summed E-state index contributed by atoms with van der Waals surface area (Å²) >= 11 is 0. The van der Waals surface area contributed by atoms with Gasteiger partial charge in [-0.05, 0) is 46.0 Å². The van der Waals surface area contributed by atoms with Crippen molar-refractivity contribution in [2.75, 3.05) is 13.2 Å². The third kappa shape index (κ3) is 4.19. The lowest BCUT2D eigenvalue weighted by atomic mass is 9.81. The number of rotatable bonds is 5. The summed E-state index contributed by atoms with van der Waals surface area (Å²) in [5.74, 6) is 0.549. The van der Waals surface area contributed by atoms with Gasteiger partial charge in [0.05, 0.1) is 6.61 Å². The minimum Gasteiger partial charge on any atom is -0.444 e. The highest BCUT2D eigenvalue weighted by Crippen LogP contribution is 2.47. The van der Waals surface area contributed by atoms with Gasteiger partial charge in [0, 0.05) is 12.0 Å². The molecule has 1 unspecified atom stereocenters. The van der Waals surface area contributed by atoms with E-state index in [1.165, 1.54) is 0 Å². The molecule has 100 valence electrons. The predicted molar refractivity (Wildman–Crippen MR) is 66.8 cm³/mol. The number of nitrogens with one attached hydrogen (secondary N) is 1. The van der Waals surface area contributed by atoms with Crippen LogP contribution in [0.1, 0.15) is 47.0 Å². The van der Waals surface area contributed by atoms with Crippen molar-refractivity contribution >= 4 is 6.09 Å². The molecule has 0 spiro atoms. The zero-order valence-corrected chi connectivity index (χ0v) is 11.4. The van der Waals surface area contributed by atoms with Gasteiger partial charge in [-0.25, -0.2) is 4.79 Å². The first-order valence-electron chi connectivity index (χ1n) is 6.41. The molecule has 0 heterocycles. The fourth-order valence-electron chi connectivity index (χ4n) is 2.11. The van der Waals surface area contributed by atoms with Gasteiger partial charge in [-0.15, -0.1) is 0 Å². The second kappa shape index (κ2) is 5.25. The van der Waals surface area contributed by atoms with Gasteiger partial charge in [-0.2, -0.15) is 0 Å². The van der Waals surface area contributed by atoms with Crippen molar-refractivity contribution in [3.63, 3.8) is 0 Å². The molecule has 0 aliphatic heterocycles. The van der Waals surface area contributed by atoms with E-state index in [4.69, 9.17) is 4.74 Å². The lowest BCUT2D eigenvalue weighted by molar-refractivity contribution is 0.0434. The Labute approximate surface area is 104 Å². The molecule has 2 N–H and O–H groups in total. The molecule has 1 rings (SSSR count). The monoisotopic (exact) mass is 243 g/mol. The lowest BCUT2D eigenvalue weighted by Crippen LogP contribution is -2.43. The molecule has 1 aliphatic carbocycles. The maximum atomic E-state index is 11.6. The molecule has 1 fully saturated rings. The van der Waals surface area contributed by atoms with Crippen LogP contribution in [0.2, 0.25) is 0 Å². The number of alkyl carbamates (subject to hydrolysis) is 1. The minimum atomic E-state index is -0.474. The lowest BCUT2D eigenvalue weighted by Gasteiger charge is -2.31. The largest absolute Gasteiger partial charge is 0.444 e. The first-order valence-corrected chi connectivity index (χ1v) is 6.41. The SMILES string of the molecule is CCC(CO)(CNC(=O)OC(C)(C)C)C1CC1. The van der Waals surface area contributed by atoms with E-state index < -0.39 is 11.7 Å². The van der Waals surface area contributed by atoms with Crippen molar-refractivity contribution < 1.29 is 14.6 Å². The Kier molecular flexibility index (Phi) is 4.42. The number of carbonyl (C=O) groups is 1. The summed E-state index contributed by atoms with van der Waals surface area (Å²) in [6, 6.07) is 0. The number of aliphatic hydroxyl groups is 1. The molecule has 1 saturated carbocycles. The van der Waals surface area contributed by atoms with Crippen LogP contribution in [0.15, 0.2) is 0 Å². The standard InChI is InChI=1S/C13H25NO3/c1-5-13(9-15,10-6-7-10)8-14-11(16)17-12(2,3)4/h10,15H,5-9H2,1-4H3,(H,14,16). The van der Waals surface area contributed by atoms with Gasteiger partial charge in [-0.3, -0.25) is 0 Å². The van der Waals surface area contributed by atoms with E-state index in [1.54, 1.807) is 0 Å². The molecule has 0 aromatic rings. The maximum absolute atomic E-state index is 11.6. The molecular weight excluding hydrogens is 218 g/mol. The van der Waals surface area contributed by atoms with E-state index in [0.717, 1.165) is 19.3 Å². The normalized spacial score (nSPS) is 19.6. The van der Waals surface area contributed by atoms with Crippen LogP contribution in [0.4, 0.5) is 4.79 Å². The highest BCUT2D eigenvalue weighted by atomic mass is 16.6.